The molecule has 0 aliphatic carbocycles. The van der Waals surface area contributed by atoms with Crippen molar-refractivity contribution in [1.29, 1.82) is 0 Å². The Balaban J connectivity index is 2.73. The molecule has 0 saturated heterocycles. The smallest absolute Gasteiger partial charge is 0.0738 e. The molecule has 0 aliphatic heterocycles. The van der Waals surface area contributed by atoms with Crippen molar-refractivity contribution < 1.29 is 5.11 Å². The van der Waals surface area contributed by atoms with Gasteiger partial charge < -0.3 is 5.11 Å². The first-order chi connectivity index (χ1) is 7.47. The van der Waals surface area contributed by atoms with E-state index in [1.54, 1.807) is 0 Å². The first-order valence-electron chi connectivity index (χ1n) is 5.87. The molecule has 0 aromatic carbocycles. The number of nitrogens with zero attached hydrogens (tertiary/aromatic N) is 2. The molecular formula is C12H21BrN2O. The largest absolute Gasteiger partial charge is 0.393 e. The third-order valence-electron chi connectivity index (χ3n) is 2.90. The third-order valence-corrected chi connectivity index (χ3v) is 3.93. The first-order valence-corrected chi connectivity index (χ1v) is 6.66. The van der Waals surface area contributed by atoms with Gasteiger partial charge in [0, 0.05) is 6.54 Å². The van der Waals surface area contributed by atoms with Crippen molar-refractivity contribution in [1.82, 2.24) is 9.78 Å². The van der Waals surface area contributed by atoms with E-state index >= 15 is 0 Å². The van der Waals surface area contributed by atoms with Crippen LogP contribution in [0.5, 0.6) is 0 Å². The van der Waals surface area contributed by atoms with Gasteiger partial charge in [-0.1, -0.05) is 13.8 Å². The average molecular weight is 289 g/mol. The lowest BCUT2D eigenvalue weighted by Gasteiger charge is -2.14. The monoisotopic (exact) mass is 288 g/mol. The molecule has 0 aliphatic rings. The number of aryl methyl sites for hydroxylation is 2. The zero-order valence-corrected chi connectivity index (χ0v) is 12.1. The minimum Gasteiger partial charge on any atom is -0.393 e. The second kappa shape index (κ2) is 5.82. The van der Waals surface area contributed by atoms with Crippen molar-refractivity contribution in [2.24, 2.45) is 5.92 Å². The molecule has 1 atom stereocenters. The van der Waals surface area contributed by atoms with Crippen LogP contribution in [0.1, 0.15) is 38.6 Å². The lowest BCUT2D eigenvalue weighted by molar-refractivity contribution is 0.116. The summed E-state index contributed by atoms with van der Waals surface area (Å²) in [4.78, 5) is 0. The summed E-state index contributed by atoms with van der Waals surface area (Å²) >= 11 is 3.56. The second-order valence-corrected chi connectivity index (χ2v) is 5.30. The second-order valence-electron chi connectivity index (χ2n) is 4.51. The maximum absolute atomic E-state index is 9.80. The number of halogens is 1. The zero-order chi connectivity index (χ0) is 12.3. The highest BCUT2D eigenvalue weighted by atomic mass is 79.9. The van der Waals surface area contributed by atoms with Gasteiger partial charge in [-0.3, -0.25) is 4.68 Å². The fraction of sp³-hybridized carbons (Fsp3) is 0.750. The zero-order valence-electron chi connectivity index (χ0n) is 10.5. The van der Waals surface area contributed by atoms with E-state index in [4.69, 9.17) is 0 Å². The lowest BCUT2D eigenvalue weighted by atomic mass is 10.0. The van der Waals surface area contributed by atoms with E-state index in [1.165, 1.54) is 5.69 Å². The van der Waals surface area contributed by atoms with Gasteiger partial charge in [0.25, 0.3) is 0 Å². The van der Waals surface area contributed by atoms with E-state index in [-0.39, 0.29) is 6.10 Å². The summed E-state index contributed by atoms with van der Waals surface area (Å²) in [7, 11) is 0. The Morgan fingerprint density at radius 1 is 1.44 bits per heavy atom. The molecule has 1 N–H and O–H groups in total. The number of aliphatic hydroxyl groups excluding tert-OH is 1. The fourth-order valence-electron chi connectivity index (χ4n) is 1.73. The van der Waals surface area contributed by atoms with Crippen LogP contribution in [0.15, 0.2) is 4.47 Å². The molecule has 1 aromatic heterocycles. The molecule has 1 rings (SSSR count). The summed E-state index contributed by atoms with van der Waals surface area (Å²) in [6.07, 6.45) is 1.43. The standard InChI is InChI=1S/C12H21BrN2O/c1-5-15-10(12(13)9(4)14-15)6-7-11(16)8(2)3/h8,11,16H,5-7H2,1-4H3. The number of hydrogen-bond acceptors (Lipinski definition) is 2. The Kier molecular flexibility index (Phi) is 4.99. The van der Waals surface area contributed by atoms with Gasteiger partial charge in [-0.2, -0.15) is 5.10 Å². The summed E-state index contributed by atoms with van der Waals surface area (Å²) in [5.74, 6) is 0.317. The van der Waals surface area contributed by atoms with Crippen molar-refractivity contribution in [3.63, 3.8) is 0 Å². The van der Waals surface area contributed by atoms with E-state index < -0.39 is 0 Å². The van der Waals surface area contributed by atoms with Gasteiger partial charge in [-0.25, -0.2) is 0 Å². The minimum atomic E-state index is -0.229. The SMILES string of the molecule is CCn1nc(C)c(Br)c1CCC(O)C(C)C. The Hall–Kier alpha value is -0.350. The van der Waals surface area contributed by atoms with Crippen LogP contribution >= 0.6 is 15.9 Å². The van der Waals surface area contributed by atoms with Crippen LogP contribution in [0.4, 0.5) is 0 Å². The summed E-state index contributed by atoms with van der Waals surface area (Å²) in [6.45, 7) is 9.05. The van der Waals surface area contributed by atoms with E-state index in [0.29, 0.717) is 5.92 Å². The van der Waals surface area contributed by atoms with E-state index in [0.717, 1.165) is 29.6 Å². The molecule has 3 nitrogen and oxygen atoms in total. The predicted octanol–water partition coefficient (Wildman–Crippen LogP) is 2.92. The Labute approximate surface area is 106 Å². The highest BCUT2D eigenvalue weighted by molar-refractivity contribution is 9.10. The fourth-order valence-corrected chi connectivity index (χ4v) is 2.21. The van der Waals surface area contributed by atoms with Crippen LogP contribution in [0.25, 0.3) is 0 Å². The average Bonchev–Trinajstić information content (AvgIpc) is 2.51. The van der Waals surface area contributed by atoms with Crippen LogP contribution in [-0.4, -0.2) is 21.0 Å². The quantitative estimate of drug-likeness (QED) is 0.905. The molecule has 92 valence electrons. The van der Waals surface area contributed by atoms with Crippen LogP contribution in [-0.2, 0) is 13.0 Å². The van der Waals surface area contributed by atoms with Crippen molar-refractivity contribution in [3.8, 4) is 0 Å². The van der Waals surface area contributed by atoms with Gasteiger partial charge in [-0.15, -0.1) is 0 Å². The van der Waals surface area contributed by atoms with E-state index in [1.807, 2.05) is 25.5 Å². The Morgan fingerprint density at radius 3 is 2.56 bits per heavy atom. The minimum absolute atomic E-state index is 0.229. The number of aliphatic hydroxyl groups is 1. The highest BCUT2D eigenvalue weighted by Gasteiger charge is 2.15. The summed E-state index contributed by atoms with van der Waals surface area (Å²) in [5, 5.41) is 14.2. The van der Waals surface area contributed by atoms with Crippen LogP contribution < -0.4 is 0 Å². The number of aromatic nitrogens is 2. The normalized spacial score (nSPS) is 13.4. The highest BCUT2D eigenvalue weighted by Crippen LogP contribution is 2.23. The van der Waals surface area contributed by atoms with Gasteiger partial charge >= 0.3 is 0 Å². The van der Waals surface area contributed by atoms with E-state index in [9.17, 15) is 5.11 Å². The molecule has 0 radical (unpaired) electrons. The van der Waals surface area contributed by atoms with Gasteiger partial charge in [0.1, 0.15) is 0 Å². The summed E-state index contributed by atoms with van der Waals surface area (Å²) in [6, 6.07) is 0. The van der Waals surface area contributed by atoms with Crippen LogP contribution in [0, 0.1) is 12.8 Å². The van der Waals surface area contributed by atoms with Gasteiger partial charge in [-0.05, 0) is 48.5 Å². The third kappa shape index (κ3) is 3.08. The molecule has 0 bridgehead atoms. The Morgan fingerprint density at radius 2 is 2.06 bits per heavy atom. The Bertz CT molecular complexity index is 347. The van der Waals surface area contributed by atoms with Crippen molar-refractivity contribution >= 4 is 15.9 Å². The van der Waals surface area contributed by atoms with Gasteiger partial charge in [0.05, 0.1) is 22.0 Å². The molecule has 16 heavy (non-hydrogen) atoms. The molecule has 0 fully saturated rings. The molecule has 0 amide bonds. The molecule has 0 saturated carbocycles. The van der Waals surface area contributed by atoms with Crippen molar-refractivity contribution in [2.75, 3.05) is 0 Å². The van der Waals surface area contributed by atoms with Gasteiger partial charge in [0.2, 0.25) is 0 Å². The number of rotatable bonds is 5. The van der Waals surface area contributed by atoms with Crippen LogP contribution in [0.2, 0.25) is 0 Å². The molecule has 0 spiro atoms. The topological polar surface area (TPSA) is 38.0 Å². The van der Waals surface area contributed by atoms with Crippen LogP contribution in [0.3, 0.4) is 0 Å². The summed E-state index contributed by atoms with van der Waals surface area (Å²) < 4.78 is 3.09. The van der Waals surface area contributed by atoms with Crippen molar-refractivity contribution in [3.05, 3.63) is 15.9 Å². The maximum Gasteiger partial charge on any atom is 0.0738 e. The van der Waals surface area contributed by atoms with Gasteiger partial charge in [0.15, 0.2) is 0 Å². The predicted molar refractivity (Wildman–Crippen MR) is 69.5 cm³/mol. The molecule has 4 heteroatoms. The number of hydrogen-bond donors (Lipinski definition) is 1. The molecule has 1 aromatic rings. The lowest BCUT2D eigenvalue weighted by Crippen LogP contribution is -2.16. The van der Waals surface area contributed by atoms with E-state index in [2.05, 4.69) is 28.0 Å². The molecule has 1 unspecified atom stereocenters. The molecular weight excluding hydrogens is 268 g/mol. The maximum atomic E-state index is 9.80. The first kappa shape index (κ1) is 13.7. The van der Waals surface area contributed by atoms with Crippen molar-refractivity contribution in [2.45, 2.75) is 53.2 Å². The summed E-state index contributed by atoms with van der Waals surface area (Å²) in [5.41, 5.74) is 2.22. The molecule has 1 heterocycles.